The highest BCUT2D eigenvalue weighted by molar-refractivity contribution is 5.79. The average Bonchev–Trinajstić information content (AvgIpc) is 2.38. The van der Waals surface area contributed by atoms with Crippen LogP contribution in [0, 0.1) is 5.82 Å². The smallest absolute Gasteiger partial charge is 0.303 e. The normalized spacial score (nSPS) is 11.6. The van der Waals surface area contributed by atoms with Gasteiger partial charge in [0.15, 0.2) is 0 Å². The summed E-state index contributed by atoms with van der Waals surface area (Å²) in [4.78, 5) is 22.3. The Morgan fingerprint density at radius 2 is 1.90 bits per heavy atom. The van der Waals surface area contributed by atoms with E-state index in [1.807, 2.05) is 0 Å². The number of carbonyl (C=O) groups is 2. The van der Waals surface area contributed by atoms with E-state index < -0.39 is 11.5 Å². The Labute approximate surface area is 123 Å². The zero-order valence-corrected chi connectivity index (χ0v) is 12.2. The van der Waals surface area contributed by atoms with Crippen LogP contribution in [0.4, 0.5) is 4.39 Å². The molecule has 114 valence electrons. The lowest BCUT2D eigenvalue weighted by Gasteiger charge is -2.25. The van der Waals surface area contributed by atoms with Gasteiger partial charge in [0.25, 0.3) is 0 Å². The molecule has 0 unspecified atom stereocenters. The van der Waals surface area contributed by atoms with Crippen LogP contribution in [0.1, 0.15) is 38.7 Å². The van der Waals surface area contributed by atoms with Crippen LogP contribution in [-0.4, -0.2) is 22.5 Å². The zero-order chi connectivity index (χ0) is 15.9. The van der Waals surface area contributed by atoms with Crippen molar-refractivity contribution >= 4 is 18.0 Å². The first kappa shape index (κ1) is 16.9. The van der Waals surface area contributed by atoms with Gasteiger partial charge < -0.3 is 10.4 Å². The minimum Gasteiger partial charge on any atom is -0.481 e. The monoisotopic (exact) mass is 293 g/mol. The van der Waals surface area contributed by atoms with Gasteiger partial charge in [-0.1, -0.05) is 24.3 Å². The number of aliphatic carboxylic acids is 1. The van der Waals surface area contributed by atoms with Gasteiger partial charge in [-0.3, -0.25) is 9.59 Å². The maximum Gasteiger partial charge on any atom is 0.303 e. The fourth-order valence-corrected chi connectivity index (χ4v) is 1.79. The molecule has 0 saturated carbocycles. The van der Waals surface area contributed by atoms with Gasteiger partial charge in [-0.2, -0.15) is 0 Å². The van der Waals surface area contributed by atoms with E-state index in [0.29, 0.717) is 6.42 Å². The Kier molecular flexibility index (Phi) is 6.09. The van der Waals surface area contributed by atoms with Crippen molar-refractivity contribution in [3.63, 3.8) is 0 Å². The van der Waals surface area contributed by atoms with E-state index in [0.717, 1.165) is 5.56 Å². The number of rotatable bonds is 7. The molecule has 0 atom stereocenters. The summed E-state index contributed by atoms with van der Waals surface area (Å²) in [6, 6.07) is 5.96. The molecule has 1 rings (SSSR count). The highest BCUT2D eigenvalue weighted by atomic mass is 19.1. The highest BCUT2D eigenvalue weighted by Gasteiger charge is 2.20. The maximum atomic E-state index is 12.7. The van der Waals surface area contributed by atoms with Gasteiger partial charge >= 0.3 is 5.97 Å². The van der Waals surface area contributed by atoms with Crippen molar-refractivity contribution in [3.05, 3.63) is 41.7 Å². The molecule has 5 heteroatoms. The number of hydrogen-bond acceptors (Lipinski definition) is 2. The summed E-state index contributed by atoms with van der Waals surface area (Å²) in [5, 5.41) is 11.4. The van der Waals surface area contributed by atoms with E-state index in [1.54, 1.807) is 38.1 Å². The number of benzene rings is 1. The van der Waals surface area contributed by atoms with Gasteiger partial charge in [0.2, 0.25) is 5.91 Å². The number of halogens is 1. The van der Waals surface area contributed by atoms with Gasteiger partial charge in [-0.25, -0.2) is 4.39 Å². The van der Waals surface area contributed by atoms with E-state index in [-0.39, 0.29) is 24.6 Å². The molecule has 0 aliphatic heterocycles. The van der Waals surface area contributed by atoms with Gasteiger partial charge in [0, 0.05) is 18.4 Å². The van der Waals surface area contributed by atoms with Crippen LogP contribution in [-0.2, 0) is 9.59 Å². The van der Waals surface area contributed by atoms with Crippen LogP contribution in [0.25, 0.3) is 6.08 Å². The molecule has 0 radical (unpaired) electrons. The van der Waals surface area contributed by atoms with Gasteiger partial charge in [0.1, 0.15) is 5.82 Å². The lowest BCUT2D eigenvalue weighted by Crippen LogP contribution is -2.43. The van der Waals surface area contributed by atoms with E-state index >= 15 is 0 Å². The Morgan fingerprint density at radius 3 is 2.48 bits per heavy atom. The van der Waals surface area contributed by atoms with Crippen LogP contribution in [0.5, 0.6) is 0 Å². The predicted octanol–water partition coefficient (Wildman–Crippen LogP) is 2.99. The quantitative estimate of drug-likeness (QED) is 0.812. The van der Waals surface area contributed by atoms with E-state index in [9.17, 15) is 14.0 Å². The summed E-state index contributed by atoms with van der Waals surface area (Å²) in [6.07, 6.45) is 4.00. The van der Waals surface area contributed by atoms with E-state index in [1.165, 1.54) is 12.1 Å². The van der Waals surface area contributed by atoms with Crippen molar-refractivity contribution in [1.82, 2.24) is 5.32 Å². The zero-order valence-electron chi connectivity index (χ0n) is 12.2. The van der Waals surface area contributed by atoms with E-state index in [4.69, 9.17) is 5.11 Å². The number of nitrogens with one attached hydrogen (secondary N) is 1. The first-order valence-corrected chi connectivity index (χ1v) is 6.73. The molecule has 0 aliphatic rings. The summed E-state index contributed by atoms with van der Waals surface area (Å²) < 4.78 is 12.7. The van der Waals surface area contributed by atoms with Crippen molar-refractivity contribution in [1.29, 1.82) is 0 Å². The number of carbonyl (C=O) groups excluding carboxylic acids is 1. The molecule has 0 bridgehead atoms. The second-order valence-corrected chi connectivity index (χ2v) is 5.48. The lowest BCUT2D eigenvalue weighted by atomic mass is 9.98. The third-order valence-corrected chi connectivity index (χ3v) is 2.93. The molecular weight excluding hydrogens is 273 g/mol. The van der Waals surface area contributed by atoms with Crippen molar-refractivity contribution in [2.45, 2.75) is 38.6 Å². The summed E-state index contributed by atoms with van der Waals surface area (Å²) in [5.74, 6) is -1.36. The average molecular weight is 293 g/mol. The summed E-state index contributed by atoms with van der Waals surface area (Å²) in [5.41, 5.74) is 0.258. The standard InChI is InChI=1S/C16H20FNO3/c1-16(2,11-10-15(20)21)18-14(19)5-3-4-12-6-8-13(17)9-7-12/h3-4,6-9H,5,10-11H2,1-2H3,(H,18,19)(H,20,21)/b4-3+. The van der Waals surface area contributed by atoms with Crippen molar-refractivity contribution in [3.8, 4) is 0 Å². The van der Waals surface area contributed by atoms with Crippen molar-refractivity contribution < 1.29 is 19.1 Å². The van der Waals surface area contributed by atoms with Crippen LogP contribution in [0.3, 0.4) is 0 Å². The number of carboxylic acids is 1. The second kappa shape index (κ2) is 7.57. The number of hydrogen-bond donors (Lipinski definition) is 2. The SMILES string of the molecule is CC(C)(CCC(=O)O)NC(=O)C/C=C/c1ccc(F)cc1. The molecule has 0 heterocycles. The molecule has 4 nitrogen and oxygen atoms in total. The summed E-state index contributed by atoms with van der Waals surface area (Å²) >= 11 is 0. The van der Waals surface area contributed by atoms with Crippen molar-refractivity contribution in [2.75, 3.05) is 0 Å². The fourth-order valence-electron chi connectivity index (χ4n) is 1.79. The Morgan fingerprint density at radius 1 is 1.29 bits per heavy atom. The second-order valence-electron chi connectivity index (χ2n) is 5.48. The molecule has 1 aromatic rings. The molecule has 21 heavy (non-hydrogen) atoms. The molecule has 0 aliphatic carbocycles. The van der Waals surface area contributed by atoms with Gasteiger partial charge in [-0.05, 0) is 38.0 Å². The predicted molar refractivity (Wildman–Crippen MR) is 79.1 cm³/mol. The third-order valence-electron chi connectivity index (χ3n) is 2.93. The molecular formula is C16H20FNO3. The third kappa shape index (κ3) is 7.25. The van der Waals surface area contributed by atoms with Crippen LogP contribution in [0.2, 0.25) is 0 Å². The highest BCUT2D eigenvalue weighted by Crippen LogP contribution is 2.12. The number of amides is 1. The summed E-state index contributed by atoms with van der Waals surface area (Å²) in [7, 11) is 0. The fraction of sp³-hybridized carbons (Fsp3) is 0.375. The first-order valence-electron chi connectivity index (χ1n) is 6.73. The minimum absolute atomic E-state index is 0.0126. The van der Waals surface area contributed by atoms with Crippen molar-refractivity contribution in [2.24, 2.45) is 0 Å². The summed E-state index contributed by atoms with van der Waals surface area (Å²) in [6.45, 7) is 3.58. The number of carboxylic acid groups (broad SMARTS) is 1. The maximum absolute atomic E-state index is 12.7. The van der Waals surface area contributed by atoms with Crippen LogP contribution < -0.4 is 5.32 Å². The molecule has 1 amide bonds. The molecule has 0 saturated heterocycles. The molecule has 0 fully saturated rings. The van der Waals surface area contributed by atoms with Gasteiger partial charge in [0.05, 0.1) is 0 Å². The molecule has 0 spiro atoms. The Bertz CT molecular complexity index is 521. The Balaban J connectivity index is 2.42. The largest absolute Gasteiger partial charge is 0.481 e. The lowest BCUT2D eigenvalue weighted by molar-refractivity contribution is -0.137. The van der Waals surface area contributed by atoms with Gasteiger partial charge in [-0.15, -0.1) is 0 Å². The van der Waals surface area contributed by atoms with Crippen LogP contribution >= 0.6 is 0 Å². The molecule has 2 N–H and O–H groups in total. The molecule has 0 aromatic heterocycles. The molecule has 1 aromatic carbocycles. The van der Waals surface area contributed by atoms with Crippen LogP contribution in [0.15, 0.2) is 30.3 Å². The topological polar surface area (TPSA) is 66.4 Å². The Hall–Kier alpha value is -2.17. The minimum atomic E-state index is -0.881. The first-order chi connectivity index (χ1) is 9.78. The van der Waals surface area contributed by atoms with E-state index in [2.05, 4.69) is 5.32 Å².